The second-order valence-electron chi connectivity index (χ2n) is 7.42. The molecule has 24 heavy (non-hydrogen) atoms. The Morgan fingerprint density at radius 3 is 2.00 bits per heavy atom. The zero-order valence-corrected chi connectivity index (χ0v) is 14.3. The van der Waals surface area contributed by atoms with E-state index in [0.29, 0.717) is 17.7 Å². The van der Waals surface area contributed by atoms with Crippen molar-refractivity contribution in [3.8, 4) is 0 Å². The Kier molecular flexibility index (Phi) is 3.13. The Labute approximate surface area is 141 Å². The Hall–Kier alpha value is -2.20. The smallest absolute Gasteiger partial charge is 0.261 e. The van der Waals surface area contributed by atoms with Crippen molar-refractivity contribution in [2.75, 3.05) is 6.54 Å². The molecule has 2 aliphatic heterocycles. The second kappa shape index (κ2) is 4.90. The molecule has 0 aliphatic carbocycles. The summed E-state index contributed by atoms with van der Waals surface area (Å²) in [4.78, 5) is 27.0. The first-order valence-corrected chi connectivity index (χ1v) is 8.42. The van der Waals surface area contributed by atoms with Crippen LogP contribution in [0.15, 0.2) is 36.4 Å². The van der Waals surface area contributed by atoms with Gasteiger partial charge in [0, 0.05) is 23.1 Å². The molecule has 4 nitrogen and oxygen atoms in total. The van der Waals surface area contributed by atoms with Crippen molar-refractivity contribution >= 4 is 22.6 Å². The highest BCUT2D eigenvalue weighted by Gasteiger charge is 2.59. The lowest BCUT2D eigenvalue weighted by atomic mass is 9.92. The summed E-state index contributed by atoms with van der Waals surface area (Å²) in [5.74, 6) is -0.379. The molecule has 2 aromatic carbocycles. The maximum Gasteiger partial charge on any atom is 0.261 e. The van der Waals surface area contributed by atoms with E-state index in [1.807, 2.05) is 36.4 Å². The lowest BCUT2D eigenvalue weighted by Crippen LogP contribution is -2.41. The monoisotopic (exact) mass is 323 g/mol. The van der Waals surface area contributed by atoms with Gasteiger partial charge >= 0.3 is 0 Å². The summed E-state index contributed by atoms with van der Waals surface area (Å²) in [5.41, 5.74) is 0.988. The van der Waals surface area contributed by atoms with E-state index < -0.39 is 0 Å². The number of nitrogens with zero attached hydrogens (tertiary/aromatic N) is 1. The van der Waals surface area contributed by atoms with E-state index in [4.69, 9.17) is 4.74 Å². The predicted octanol–water partition coefficient (Wildman–Crippen LogP) is 3.78. The van der Waals surface area contributed by atoms with Crippen LogP contribution < -0.4 is 0 Å². The molecule has 0 spiro atoms. The number of hydrogen-bond donors (Lipinski definition) is 0. The first-order chi connectivity index (χ1) is 11.3. The van der Waals surface area contributed by atoms with Crippen LogP contribution in [-0.4, -0.2) is 34.5 Å². The van der Waals surface area contributed by atoms with E-state index in [1.165, 1.54) is 4.90 Å². The summed E-state index contributed by atoms with van der Waals surface area (Å²) in [6, 6.07) is 11.2. The van der Waals surface area contributed by atoms with Gasteiger partial charge in [-0.05, 0) is 51.1 Å². The SMILES string of the molecule is CC1(C)OC1(C)CCCN1C(=O)c2cccc3cccc(c23)C1=O. The van der Waals surface area contributed by atoms with Crippen molar-refractivity contribution < 1.29 is 14.3 Å². The molecule has 2 amide bonds. The first kappa shape index (κ1) is 15.3. The zero-order chi connectivity index (χ0) is 17.1. The molecule has 2 aliphatic rings. The van der Waals surface area contributed by atoms with Gasteiger partial charge in [0.25, 0.3) is 11.8 Å². The Bertz CT molecular complexity index is 820. The molecular formula is C20H21NO3. The number of rotatable bonds is 4. The van der Waals surface area contributed by atoms with Gasteiger partial charge in [-0.15, -0.1) is 0 Å². The molecule has 0 aromatic heterocycles. The van der Waals surface area contributed by atoms with Crippen LogP contribution in [0.4, 0.5) is 0 Å². The number of carbonyl (C=O) groups excluding carboxylic acids is 2. The highest BCUT2D eigenvalue weighted by atomic mass is 16.6. The molecule has 4 rings (SSSR count). The summed E-state index contributed by atoms with van der Waals surface area (Å²) in [6.45, 7) is 6.66. The minimum absolute atomic E-state index is 0.110. The predicted molar refractivity (Wildman–Crippen MR) is 92.1 cm³/mol. The maximum atomic E-state index is 12.8. The molecule has 1 atom stereocenters. The van der Waals surface area contributed by atoms with Crippen LogP contribution in [0.25, 0.3) is 10.8 Å². The maximum absolute atomic E-state index is 12.8. The minimum Gasteiger partial charge on any atom is -0.363 e. The molecule has 0 saturated carbocycles. The van der Waals surface area contributed by atoms with Crippen molar-refractivity contribution in [1.82, 2.24) is 4.90 Å². The van der Waals surface area contributed by atoms with Gasteiger partial charge in [0.1, 0.15) is 0 Å². The molecule has 1 unspecified atom stereocenters. The van der Waals surface area contributed by atoms with Gasteiger partial charge in [0.05, 0.1) is 11.2 Å². The van der Waals surface area contributed by atoms with Crippen LogP contribution in [0.3, 0.4) is 0 Å². The lowest BCUT2D eigenvalue weighted by Gasteiger charge is -2.27. The highest BCUT2D eigenvalue weighted by Crippen LogP contribution is 2.50. The van der Waals surface area contributed by atoms with Crippen LogP contribution in [0.5, 0.6) is 0 Å². The van der Waals surface area contributed by atoms with Crippen molar-refractivity contribution in [2.24, 2.45) is 0 Å². The van der Waals surface area contributed by atoms with Gasteiger partial charge in [0.15, 0.2) is 0 Å². The highest BCUT2D eigenvalue weighted by molar-refractivity contribution is 6.25. The summed E-state index contributed by atoms with van der Waals surface area (Å²) in [7, 11) is 0. The van der Waals surface area contributed by atoms with Gasteiger partial charge in [-0.2, -0.15) is 0 Å². The van der Waals surface area contributed by atoms with Crippen LogP contribution in [0.2, 0.25) is 0 Å². The van der Waals surface area contributed by atoms with E-state index in [2.05, 4.69) is 20.8 Å². The van der Waals surface area contributed by atoms with Gasteiger partial charge in [-0.1, -0.05) is 24.3 Å². The second-order valence-corrected chi connectivity index (χ2v) is 7.42. The molecule has 0 radical (unpaired) electrons. The van der Waals surface area contributed by atoms with E-state index in [0.717, 1.165) is 23.6 Å². The van der Waals surface area contributed by atoms with E-state index in [1.54, 1.807) is 0 Å². The fourth-order valence-corrected chi connectivity index (χ4v) is 3.75. The molecule has 4 heteroatoms. The third-order valence-corrected chi connectivity index (χ3v) is 5.60. The molecule has 1 fully saturated rings. The fraction of sp³-hybridized carbons (Fsp3) is 0.400. The lowest BCUT2D eigenvalue weighted by molar-refractivity contribution is 0.0604. The number of benzene rings is 2. The molecule has 0 bridgehead atoms. The minimum atomic E-state index is -0.189. The molecule has 124 valence electrons. The fourth-order valence-electron chi connectivity index (χ4n) is 3.75. The average Bonchev–Trinajstić information content (AvgIpc) is 3.06. The van der Waals surface area contributed by atoms with E-state index in [-0.39, 0.29) is 23.0 Å². The van der Waals surface area contributed by atoms with Crippen LogP contribution in [-0.2, 0) is 4.74 Å². The third kappa shape index (κ3) is 2.09. The number of carbonyl (C=O) groups is 2. The van der Waals surface area contributed by atoms with Gasteiger partial charge in [-0.3, -0.25) is 14.5 Å². The Morgan fingerprint density at radius 2 is 1.50 bits per heavy atom. The summed E-state index contributed by atoms with van der Waals surface area (Å²) in [6.07, 6.45) is 1.58. The summed E-state index contributed by atoms with van der Waals surface area (Å²) < 4.78 is 5.75. The van der Waals surface area contributed by atoms with Crippen molar-refractivity contribution in [2.45, 2.75) is 44.8 Å². The van der Waals surface area contributed by atoms with Gasteiger partial charge in [-0.25, -0.2) is 0 Å². The molecule has 2 aromatic rings. The normalized spacial score (nSPS) is 24.5. The van der Waals surface area contributed by atoms with Crippen LogP contribution >= 0.6 is 0 Å². The molecule has 2 heterocycles. The first-order valence-electron chi connectivity index (χ1n) is 8.42. The quantitative estimate of drug-likeness (QED) is 0.635. The number of epoxide rings is 1. The number of ether oxygens (including phenoxy) is 1. The average molecular weight is 323 g/mol. The van der Waals surface area contributed by atoms with Crippen molar-refractivity contribution in [3.05, 3.63) is 47.5 Å². The zero-order valence-electron chi connectivity index (χ0n) is 14.3. The van der Waals surface area contributed by atoms with E-state index >= 15 is 0 Å². The number of imide groups is 1. The molecular weight excluding hydrogens is 302 g/mol. The Balaban J connectivity index is 1.58. The molecule has 1 saturated heterocycles. The topological polar surface area (TPSA) is 49.9 Å². The number of amides is 2. The van der Waals surface area contributed by atoms with Crippen molar-refractivity contribution in [3.63, 3.8) is 0 Å². The Morgan fingerprint density at radius 1 is 0.958 bits per heavy atom. The van der Waals surface area contributed by atoms with E-state index in [9.17, 15) is 9.59 Å². The van der Waals surface area contributed by atoms with Crippen molar-refractivity contribution in [1.29, 1.82) is 0 Å². The molecule has 0 N–H and O–H groups in total. The van der Waals surface area contributed by atoms with Crippen LogP contribution in [0.1, 0.15) is 54.3 Å². The summed E-state index contributed by atoms with van der Waals surface area (Å²) in [5, 5.41) is 1.72. The van der Waals surface area contributed by atoms with Gasteiger partial charge < -0.3 is 4.74 Å². The van der Waals surface area contributed by atoms with Crippen LogP contribution in [0, 0.1) is 0 Å². The third-order valence-electron chi connectivity index (χ3n) is 5.60. The summed E-state index contributed by atoms with van der Waals surface area (Å²) >= 11 is 0. The van der Waals surface area contributed by atoms with Gasteiger partial charge in [0.2, 0.25) is 0 Å². The number of hydrogen-bond acceptors (Lipinski definition) is 3. The largest absolute Gasteiger partial charge is 0.363 e. The standard InChI is InChI=1S/C20H21NO3/c1-19(2)20(3,24-19)11-6-12-21-17(22)14-9-4-7-13-8-5-10-15(16(13)14)18(21)23/h4-5,7-10H,6,11-12H2,1-3H3.